The molecule has 0 aromatic heterocycles. The van der Waals surface area contributed by atoms with Crippen molar-refractivity contribution in [3.8, 4) is 0 Å². The van der Waals surface area contributed by atoms with Crippen molar-refractivity contribution >= 4 is 7.98 Å². The first-order chi connectivity index (χ1) is 6.11. The predicted molar refractivity (Wildman–Crippen MR) is 56.6 cm³/mol. The standard InChI is InChI=1S/C11H20BN/c1-9(2)10-7-11(8-10)3-5-13(12)6-4-11/h9-10H,3-8H2,1-2H3. The van der Waals surface area contributed by atoms with Crippen molar-refractivity contribution in [3.63, 3.8) is 0 Å². The lowest BCUT2D eigenvalue weighted by molar-refractivity contribution is -0.0159. The normalized spacial score (nSPS) is 29.5. The quantitative estimate of drug-likeness (QED) is 0.555. The van der Waals surface area contributed by atoms with E-state index >= 15 is 0 Å². The van der Waals surface area contributed by atoms with Gasteiger partial charge in [-0.15, -0.1) is 0 Å². The smallest absolute Gasteiger partial charge is 0.182 e. The molecule has 13 heavy (non-hydrogen) atoms. The van der Waals surface area contributed by atoms with Crippen molar-refractivity contribution in [2.24, 2.45) is 17.3 Å². The molecule has 0 atom stereocenters. The van der Waals surface area contributed by atoms with Gasteiger partial charge in [0.2, 0.25) is 0 Å². The monoisotopic (exact) mass is 177 g/mol. The van der Waals surface area contributed by atoms with Gasteiger partial charge in [0.25, 0.3) is 0 Å². The summed E-state index contributed by atoms with van der Waals surface area (Å²) < 4.78 is 0. The van der Waals surface area contributed by atoms with Crippen molar-refractivity contribution in [1.29, 1.82) is 0 Å². The summed E-state index contributed by atoms with van der Waals surface area (Å²) in [7, 11) is 5.76. The Labute approximate surface area is 83.3 Å². The van der Waals surface area contributed by atoms with Gasteiger partial charge in [0.05, 0.1) is 0 Å². The van der Waals surface area contributed by atoms with E-state index in [0.29, 0.717) is 5.41 Å². The molecule has 1 heterocycles. The maximum Gasteiger partial charge on any atom is 0.182 e. The van der Waals surface area contributed by atoms with Crippen LogP contribution in [0.5, 0.6) is 0 Å². The molecule has 2 fully saturated rings. The molecule has 2 rings (SSSR count). The van der Waals surface area contributed by atoms with Gasteiger partial charge in [-0.2, -0.15) is 0 Å². The number of rotatable bonds is 1. The van der Waals surface area contributed by atoms with Gasteiger partial charge in [-0.25, -0.2) is 0 Å². The van der Waals surface area contributed by atoms with E-state index in [-0.39, 0.29) is 0 Å². The summed E-state index contributed by atoms with van der Waals surface area (Å²) in [6.07, 6.45) is 5.62. The van der Waals surface area contributed by atoms with E-state index in [0.717, 1.165) is 24.9 Å². The van der Waals surface area contributed by atoms with Crippen LogP contribution in [-0.2, 0) is 0 Å². The maximum absolute atomic E-state index is 5.76. The Morgan fingerprint density at radius 2 is 1.77 bits per heavy atom. The molecule has 0 aromatic carbocycles. The molecule has 72 valence electrons. The fourth-order valence-electron chi connectivity index (χ4n) is 2.93. The number of nitrogens with zero attached hydrogens (tertiary/aromatic N) is 1. The largest absolute Gasteiger partial charge is 0.353 e. The molecule has 1 spiro atoms. The summed E-state index contributed by atoms with van der Waals surface area (Å²) in [5, 5.41) is 0. The summed E-state index contributed by atoms with van der Waals surface area (Å²) in [6, 6.07) is 0. The zero-order valence-corrected chi connectivity index (χ0v) is 8.92. The van der Waals surface area contributed by atoms with Crippen LogP contribution in [0.25, 0.3) is 0 Å². The first kappa shape index (κ1) is 9.58. The van der Waals surface area contributed by atoms with E-state index in [4.69, 9.17) is 7.98 Å². The fraction of sp³-hybridized carbons (Fsp3) is 1.00. The molecular formula is C11H20BN. The Morgan fingerprint density at radius 1 is 1.23 bits per heavy atom. The molecule has 1 aliphatic heterocycles. The van der Waals surface area contributed by atoms with Gasteiger partial charge in [-0.1, -0.05) is 13.8 Å². The van der Waals surface area contributed by atoms with Crippen LogP contribution in [-0.4, -0.2) is 25.9 Å². The number of piperidine rings is 1. The number of hydrogen-bond donors (Lipinski definition) is 0. The van der Waals surface area contributed by atoms with Crippen LogP contribution in [0.1, 0.15) is 39.5 Å². The van der Waals surface area contributed by atoms with Gasteiger partial charge in [0.15, 0.2) is 7.98 Å². The van der Waals surface area contributed by atoms with E-state index in [1.807, 2.05) is 4.81 Å². The average Bonchev–Trinajstić information content (AvgIpc) is 2.02. The zero-order valence-electron chi connectivity index (χ0n) is 8.92. The predicted octanol–water partition coefficient (Wildman–Crippen LogP) is 2.22. The Kier molecular flexibility index (Phi) is 2.44. The van der Waals surface area contributed by atoms with E-state index in [1.54, 1.807) is 0 Å². The molecule has 2 aliphatic rings. The summed E-state index contributed by atoms with van der Waals surface area (Å²) in [5.41, 5.74) is 0.713. The summed E-state index contributed by atoms with van der Waals surface area (Å²) in [5.74, 6) is 1.89. The topological polar surface area (TPSA) is 3.24 Å². The lowest BCUT2D eigenvalue weighted by atomic mass is 9.55. The molecule has 2 heteroatoms. The van der Waals surface area contributed by atoms with Crippen molar-refractivity contribution in [3.05, 3.63) is 0 Å². The van der Waals surface area contributed by atoms with Gasteiger partial charge in [0, 0.05) is 0 Å². The minimum atomic E-state index is 0.713. The highest BCUT2D eigenvalue weighted by molar-refractivity contribution is 6.04. The summed E-state index contributed by atoms with van der Waals surface area (Å²) in [4.78, 5) is 1.98. The second-order valence-electron chi connectivity index (χ2n) is 5.45. The van der Waals surface area contributed by atoms with Crippen LogP contribution < -0.4 is 0 Å². The summed E-state index contributed by atoms with van der Waals surface area (Å²) >= 11 is 0. The molecule has 0 N–H and O–H groups in total. The lowest BCUT2D eigenvalue weighted by Crippen LogP contribution is -2.47. The van der Waals surface area contributed by atoms with Crippen molar-refractivity contribution < 1.29 is 0 Å². The zero-order chi connectivity index (χ0) is 9.47. The van der Waals surface area contributed by atoms with Crippen LogP contribution in [0, 0.1) is 17.3 Å². The maximum atomic E-state index is 5.76. The molecule has 1 aliphatic carbocycles. The van der Waals surface area contributed by atoms with Gasteiger partial charge in [-0.3, -0.25) is 0 Å². The third-order valence-corrected chi connectivity index (χ3v) is 4.19. The van der Waals surface area contributed by atoms with Crippen LogP contribution in [0.3, 0.4) is 0 Å². The Balaban J connectivity index is 1.83. The van der Waals surface area contributed by atoms with E-state index in [2.05, 4.69) is 13.8 Å². The van der Waals surface area contributed by atoms with E-state index in [1.165, 1.54) is 25.7 Å². The molecule has 0 bridgehead atoms. The molecule has 1 saturated carbocycles. The van der Waals surface area contributed by atoms with Gasteiger partial charge in [-0.05, 0) is 56.0 Å². The van der Waals surface area contributed by atoms with Gasteiger partial charge in [0.1, 0.15) is 0 Å². The lowest BCUT2D eigenvalue weighted by Gasteiger charge is -2.53. The third-order valence-electron chi connectivity index (χ3n) is 4.19. The fourth-order valence-corrected chi connectivity index (χ4v) is 2.93. The number of hydrogen-bond acceptors (Lipinski definition) is 1. The van der Waals surface area contributed by atoms with Gasteiger partial charge < -0.3 is 4.81 Å². The minimum Gasteiger partial charge on any atom is -0.353 e. The highest BCUT2D eigenvalue weighted by Gasteiger charge is 2.45. The highest BCUT2D eigenvalue weighted by atomic mass is 15.0. The molecule has 0 unspecified atom stereocenters. The van der Waals surface area contributed by atoms with Crippen LogP contribution >= 0.6 is 0 Å². The SMILES string of the molecule is [B]N1CCC2(CC1)CC(C(C)C)C2. The first-order valence-electron chi connectivity index (χ1n) is 5.61. The second kappa shape index (κ2) is 3.31. The van der Waals surface area contributed by atoms with Crippen LogP contribution in [0.2, 0.25) is 0 Å². The molecule has 1 nitrogen and oxygen atoms in total. The first-order valence-corrected chi connectivity index (χ1v) is 5.61. The molecular weight excluding hydrogens is 157 g/mol. The summed E-state index contributed by atoms with van der Waals surface area (Å²) in [6.45, 7) is 6.95. The van der Waals surface area contributed by atoms with E-state index < -0.39 is 0 Å². The van der Waals surface area contributed by atoms with Crippen LogP contribution in [0.4, 0.5) is 0 Å². The van der Waals surface area contributed by atoms with Crippen LogP contribution in [0.15, 0.2) is 0 Å². The van der Waals surface area contributed by atoms with Crippen molar-refractivity contribution in [2.45, 2.75) is 39.5 Å². The molecule has 0 aromatic rings. The molecule has 2 radical (unpaired) electrons. The Bertz CT molecular complexity index is 175. The minimum absolute atomic E-state index is 0.713. The van der Waals surface area contributed by atoms with Crippen molar-refractivity contribution in [1.82, 2.24) is 4.81 Å². The third kappa shape index (κ3) is 1.78. The van der Waals surface area contributed by atoms with Crippen molar-refractivity contribution in [2.75, 3.05) is 13.1 Å². The highest BCUT2D eigenvalue weighted by Crippen LogP contribution is 2.54. The second-order valence-corrected chi connectivity index (χ2v) is 5.45. The average molecular weight is 177 g/mol. The Morgan fingerprint density at radius 3 is 2.23 bits per heavy atom. The molecule has 1 saturated heterocycles. The van der Waals surface area contributed by atoms with E-state index in [9.17, 15) is 0 Å². The Hall–Kier alpha value is 0.0249. The molecule has 0 amide bonds. The van der Waals surface area contributed by atoms with Gasteiger partial charge >= 0.3 is 0 Å².